The Morgan fingerprint density at radius 1 is 1.00 bits per heavy atom. The molecule has 14 heteroatoms. The number of carbonyl (C=O) groups is 2. The Hall–Kier alpha value is -3.81. The molecule has 49 heavy (non-hydrogen) atoms. The van der Waals surface area contributed by atoms with Crippen molar-refractivity contribution in [3.63, 3.8) is 0 Å². The maximum Gasteiger partial charge on any atom is 0.434 e. The van der Waals surface area contributed by atoms with Crippen molar-refractivity contribution < 1.29 is 41.4 Å². The molecule has 9 nitrogen and oxygen atoms in total. The topological polar surface area (TPSA) is 110 Å². The summed E-state index contributed by atoms with van der Waals surface area (Å²) in [6, 6.07) is 5.20. The standard InChI is InChI=1S/C35H40F5N5O4/c1-34(36,37)18-44-10-8-24(9-11-44)49-25-6-7-26-28(17-45(23-4-5-23)29(26)15-25)31-41-16-27(30(43-31)35(38,39)40)32(46)42-22-3-2-19-12-21(33(47)48)13-20(19)14-22/h6-7,15-17,19-24H,2-5,8-14,18H2,1H3,(H,42,46)(H,47,48). The highest BCUT2D eigenvalue weighted by molar-refractivity contribution is 5.97. The quantitative estimate of drug-likeness (QED) is 0.234. The number of likely N-dealkylation sites (tertiary alicyclic amines) is 1. The first kappa shape index (κ1) is 33.7. The van der Waals surface area contributed by atoms with Crippen LogP contribution in [-0.2, 0) is 11.0 Å². The molecule has 0 radical (unpaired) electrons. The Morgan fingerprint density at radius 3 is 2.41 bits per heavy atom. The Labute approximate surface area is 280 Å². The molecule has 1 aromatic carbocycles. The third-order valence-corrected chi connectivity index (χ3v) is 10.6. The van der Waals surface area contributed by atoms with Gasteiger partial charge >= 0.3 is 12.1 Å². The zero-order valence-electron chi connectivity index (χ0n) is 27.2. The average molecular weight is 690 g/mol. The number of hydrogen-bond donors (Lipinski definition) is 2. The fourth-order valence-electron chi connectivity index (χ4n) is 8.15. The van der Waals surface area contributed by atoms with E-state index in [0.29, 0.717) is 68.3 Å². The minimum absolute atomic E-state index is 0.116. The number of carboxylic acids is 1. The summed E-state index contributed by atoms with van der Waals surface area (Å²) in [6.07, 6.45) is 3.63. The van der Waals surface area contributed by atoms with Gasteiger partial charge in [-0.05, 0) is 81.8 Å². The monoisotopic (exact) mass is 689 g/mol. The number of halogens is 5. The molecule has 3 heterocycles. The van der Waals surface area contributed by atoms with Crippen LogP contribution in [0.3, 0.4) is 0 Å². The summed E-state index contributed by atoms with van der Waals surface area (Å²) in [5.41, 5.74) is -0.782. The van der Waals surface area contributed by atoms with Crippen LogP contribution in [0.2, 0.25) is 0 Å². The number of nitrogens with zero attached hydrogens (tertiary/aromatic N) is 4. The summed E-state index contributed by atoms with van der Waals surface area (Å²) in [5.74, 6) is -4.08. The van der Waals surface area contributed by atoms with Crippen molar-refractivity contribution in [3.05, 3.63) is 41.9 Å². The van der Waals surface area contributed by atoms with Crippen LogP contribution in [0.5, 0.6) is 5.75 Å². The number of carboxylic acid groups (broad SMARTS) is 1. The molecule has 3 saturated carbocycles. The van der Waals surface area contributed by atoms with Crippen molar-refractivity contribution in [2.75, 3.05) is 19.6 Å². The van der Waals surface area contributed by atoms with Gasteiger partial charge in [0.15, 0.2) is 11.5 Å². The number of fused-ring (bicyclic) bond motifs is 2. The number of aliphatic carboxylic acids is 1. The van der Waals surface area contributed by atoms with Crippen molar-refractivity contribution in [1.82, 2.24) is 24.8 Å². The number of alkyl halides is 5. The fraction of sp³-hybridized carbons (Fsp3) is 0.600. The van der Waals surface area contributed by atoms with Gasteiger partial charge in [-0.2, -0.15) is 13.2 Å². The maximum absolute atomic E-state index is 14.4. The van der Waals surface area contributed by atoms with Crippen molar-refractivity contribution in [2.24, 2.45) is 17.8 Å². The van der Waals surface area contributed by atoms with Gasteiger partial charge in [-0.3, -0.25) is 14.5 Å². The molecular weight excluding hydrogens is 649 g/mol. The van der Waals surface area contributed by atoms with Crippen molar-refractivity contribution in [3.8, 4) is 17.1 Å². The molecule has 3 aromatic rings. The van der Waals surface area contributed by atoms with Gasteiger partial charge in [0, 0.05) is 61.5 Å². The first-order valence-electron chi connectivity index (χ1n) is 17.1. The molecule has 0 spiro atoms. The van der Waals surface area contributed by atoms with E-state index in [2.05, 4.69) is 15.3 Å². The second kappa shape index (κ2) is 12.8. The van der Waals surface area contributed by atoms with Gasteiger partial charge in [0.25, 0.3) is 11.8 Å². The van der Waals surface area contributed by atoms with Crippen LogP contribution < -0.4 is 10.1 Å². The van der Waals surface area contributed by atoms with Crippen LogP contribution in [-0.4, -0.2) is 74.1 Å². The summed E-state index contributed by atoms with van der Waals surface area (Å²) in [5, 5.41) is 12.8. The van der Waals surface area contributed by atoms with Crippen LogP contribution in [0.4, 0.5) is 22.0 Å². The molecule has 4 fully saturated rings. The van der Waals surface area contributed by atoms with E-state index < -0.39 is 41.2 Å². The molecule has 1 saturated heterocycles. The third-order valence-electron chi connectivity index (χ3n) is 10.6. The second-order valence-corrected chi connectivity index (χ2v) is 14.5. The highest BCUT2D eigenvalue weighted by Crippen LogP contribution is 2.46. The molecule has 1 aliphatic heterocycles. The number of nitrogens with one attached hydrogen (secondary N) is 1. The Morgan fingerprint density at radius 2 is 1.73 bits per heavy atom. The van der Waals surface area contributed by atoms with E-state index in [0.717, 1.165) is 37.9 Å². The van der Waals surface area contributed by atoms with Gasteiger partial charge in [0.1, 0.15) is 11.9 Å². The maximum atomic E-state index is 14.4. The lowest BCUT2D eigenvalue weighted by Gasteiger charge is -2.33. The zero-order chi connectivity index (χ0) is 34.7. The summed E-state index contributed by atoms with van der Waals surface area (Å²) in [4.78, 5) is 34.7. The molecule has 3 aliphatic carbocycles. The smallest absolute Gasteiger partial charge is 0.434 e. The highest BCUT2D eigenvalue weighted by Gasteiger charge is 2.43. The van der Waals surface area contributed by atoms with Gasteiger partial charge in [-0.1, -0.05) is 0 Å². The second-order valence-electron chi connectivity index (χ2n) is 14.5. The molecule has 4 aliphatic rings. The van der Waals surface area contributed by atoms with Crippen LogP contribution in [0, 0.1) is 17.8 Å². The molecule has 1 amide bonds. The molecule has 7 rings (SSSR count). The average Bonchev–Trinajstić information content (AvgIpc) is 3.67. The summed E-state index contributed by atoms with van der Waals surface area (Å²) < 4.78 is 78.4. The molecule has 2 aromatic heterocycles. The fourth-order valence-corrected chi connectivity index (χ4v) is 8.15. The zero-order valence-corrected chi connectivity index (χ0v) is 27.2. The molecular formula is C35H40F5N5O4. The molecule has 4 atom stereocenters. The number of amides is 1. The summed E-state index contributed by atoms with van der Waals surface area (Å²) in [6.45, 7) is 1.63. The minimum atomic E-state index is -4.92. The number of rotatable bonds is 9. The third kappa shape index (κ3) is 7.39. The van der Waals surface area contributed by atoms with Crippen molar-refractivity contribution in [2.45, 2.75) is 95.0 Å². The molecule has 4 unspecified atom stereocenters. The van der Waals surface area contributed by atoms with Gasteiger partial charge in [-0.15, -0.1) is 0 Å². The number of benzene rings is 1. The van der Waals surface area contributed by atoms with Crippen molar-refractivity contribution in [1.29, 1.82) is 0 Å². The van der Waals surface area contributed by atoms with Gasteiger partial charge in [0.05, 0.1) is 23.5 Å². The first-order valence-corrected chi connectivity index (χ1v) is 17.1. The van der Waals surface area contributed by atoms with Crippen molar-refractivity contribution >= 4 is 22.8 Å². The highest BCUT2D eigenvalue weighted by atomic mass is 19.4. The minimum Gasteiger partial charge on any atom is -0.490 e. The van der Waals surface area contributed by atoms with Crippen LogP contribution in [0.15, 0.2) is 30.6 Å². The number of carbonyl (C=O) groups excluding carboxylic acids is 1. The van der Waals surface area contributed by atoms with E-state index >= 15 is 0 Å². The predicted molar refractivity (Wildman–Crippen MR) is 169 cm³/mol. The predicted octanol–water partition coefficient (Wildman–Crippen LogP) is 6.96. The normalized spacial score (nSPS) is 25.3. The summed E-state index contributed by atoms with van der Waals surface area (Å²) >= 11 is 0. The van der Waals surface area contributed by atoms with E-state index in [9.17, 15) is 36.6 Å². The molecule has 264 valence electrons. The van der Waals surface area contributed by atoms with Gasteiger partial charge in [0.2, 0.25) is 0 Å². The van der Waals surface area contributed by atoms with Crippen LogP contribution in [0.25, 0.3) is 22.3 Å². The first-order chi connectivity index (χ1) is 23.2. The summed E-state index contributed by atoms with van der Waals surface area (Å²) in [7, 11) is 0. The number of hydrogen-bond acceptors (Lipinski definition) is 6. The molecule has 2 N–H and O–H groups in total. The SMILES string of the molecule is CC(F)(F)CN1CCC(Oc2ccc3c(-c4ncc(C(=O)NC5CCC6CC(C(=O)O)CC6C5)c(C(F)(F)F)n4)cn(C4CC4)c3c2)CC1. The number of ether oxygens (including phenoxy) is 1. The van der Waals surface area contributed by atoms with E-state index in [1.165, 1.54) is 0 Å². The van der Waals surface area contributed by atoms with E-state index in [1.54, 1.807) is 23.2 Å². The lowest BCUT2D eigenvalue weighted by Crippen LogP contribution is -2.43. The lowest BCUT2D eigenvalue weighted by molar-refractivity contribution is -0.142. The van der Waals surface area contributed by atoms with E-state index in [-0.39, 0.29) is 42.4 Å². The van der Waals surface area contributed by atoms with Crippen LogP contribution in [0.1, 0.15) is 86.8 Å². The van der Waals surface area contributed by atoms with E-state index in [4.69, 9.17) is 4.74 Å². The van der Waals surface area contributed by atoms with Crippen LogP contribution >= 0.6 is 0 Å². The number of aromatic nitrogens is 3. The van der Waals surface area contributed by atoms with E-state index in [1.807, 2.05) is 10.6 Å². The Balaban J connectivity index is 1.10. The van der Waals surface area contributed by atoms with Gasteiger partial charge in [-0.25, -0.2) is 18.7 Å². The molecule has 0 bridgehead atoms. The Kier molecular flexibility index (Phi) is 8.81. The van der Waals surface area contributed by atoms with Gasteiger partial charge < -0.3 is 19.7 Å². The number of piperidine rings is 1. The lowest BCUT2D eigenvalue weighted by atomic mass is 9.79. The largest absolute Gasteiger partial charge is 0.490 e. The Bertz CT molecular complexity index is 1730.